The Kier molecular flexibility index (Phi) is 4.16. The number of carbonyl (C=O) groups excluding carboxylic acids is 1. The van der Waals surface area contributed by atoms with Crippen LogP contribution in [0.2, 0.25) is 0 Å². The second kappa shape index (κ2) is 5.84. The van der Waals surface area contributed by atoms with Crippen LogP contribution >= 0.6 is 11.3 Å². The summed E-state index contributed by atoms with van der Waals surface area (Å²) in [6.07, 6.45) is 0. The van der Waals surface area contributed by atoms with Gasteiger partial charge in [-0.15, -0.1) is 0 Å². The quantitative estimate of drug-likeness (QED) is 0.902. The molecule has 5 heteroatoms. The Labute approximate surface area is 115 Å². The Morgan fingerprint density at radius 2 is 2.16 bits per heavy atom. The number of nitrogens with one attached hydrogen (secondary N) is 2. The number of hydrogen-bond donors (Lipinski definition) is 2. The van der Waals surface area contributed by atoms with Crippen molar-refractivity contribution in [1.82, 2.24) is 5.32 Å². The van der Waals surface area contributed by atoms with Gasteiger partial charge in [-0.05, 0) is 40.9 Å². The van der Waals surface area contributed by atoms with Crippen LogP contribution < -0.4 is 10.6 Å². The Morgan fingerprint density at radius 3 is 2.79 bits per heavy atom. The van der Waals surface area contributed by atoms with Crippen molar-refractivity contribution < 1.29 is 9.18 Å². The number of rotatable bonds is 4. The van der Waals surface area contributed by atoms with Gasteiger partial charge in [0.25, 0.3) is 5.91 Å². The first kappa shape index (κ1) is 13.5. The number of carbonyl (C=O) groups is 1. The standard InChI is InChI=1S/C14H15FN2OS/c1-9-7-19-8-10(9)6-17-14(18)11-4-3-5-12(15)13(11)16-2/h3-5,7-8,16H,6H2,1-2H3,(H,17,18). The van der Waals surface area contributed by atoms with Crippen LogP contribution in [0.4, 0.5) is 10.1 Å². The molecule has 0 atom stereocenters. The van der Waals surface area contributed by atoms with Crippen LogP contribution in [0.5, 0.6) is 0 Å². The molecule has 0 unspecified atom stereocenters. The molecule has 2 rings (SSSR count). The molecule has 0 aliphatic carbocycles. The summed E-state index contributed by atoms with van der Waals surface area (Å²) >= 11 is 1.60. The number of hydrogen-bond acceptors (Lipinski definition) is 3. The van der Waals surface area contributed by atoms with Crippen molar-refractivity contribution in [3.05, 3.63) is 51.5 Å². The fourth-order valence-corrected chi connectivity index (χ4v) is 2.66. The Morgan fingerprint density at radius 1 is 1.37 bits per heavy atom. The maximum Gasteiger partial charge on any atom is 0.253 e. The van der Waals surface area contributed by atoms with Gasteiger partial charge in [-0.3, -0.25) is 4.79 Å². The van der Waals surface area contributed by atoms with E-state index in [0.29, 0.717) is 12.1 Å². The first-order valence-corrected chi connectivity index (χ1v) is 6.84. The third kappa shape index (κ3) is 2.93. The van der Waals surface area contributed by atoms with E-state index in [9.17, 15) is 9.18 Å². The lowest BCUT2D eigenvalue weighted by molar-refractivity contribution is 0.0951. The molecule has 0 bridgehead atoms. The van der Waals surface area contributed by atoms with Crippen LogP contribution in [0.1, 0.15) is 21.5 Å². The molecule has 2 aromatic rings. The highest BCUT2D eigenvalue weighted by atomic mass is 32.1. The summed E-state index contributed by atoms with van der Waals surface area (Å²) in [7, 11) is 1.60. The van der Waals surface area contributed by atoms with Gasteiger partial charge in [0.1, 0.15) is 5.82 Å². The molecule has 0 spiro atoms. The van der Waals surface area contributed by atoms with E-state index in [1.807, 2.05) is 17.7 Å². The fourth-order valence-electron chi connectivity index (χ4n) is 1.81. The SMILES string of the molecule is CNc1c(F)cccc1C(=O)NCc1cscc1C. The molecule has 0 saturated heterocycles. The Hall–Kier alpha value is -1.88. The molecular formula is C14H15FN2OS. The third-order valence-electron chi connectivity index (χ3n) is 2.91. The van der Waals surface area contributed by atoms with Crippen molar-refractivity contribution in [3.8, 4) is 0 Å². The highest BCUT2D eigenvalue weighted by Crippen LogP contribution is 2.19. The third-order valence-corrected chi connectivity index (χ3v) is 3.82. The van der Waals surface area contributed by atoms with Crippen molar-refractivity contribution in [2.45, 2.75) is 13.5 Å². The summed E-state index contributed by atoms with van der Waals surface area (Å²) in [6, 6.07) is 4.46. The van der Waals surface area contributed by atoms with E-state index in [0.717, 1.165) is 11.1 Å². The van der Waals surface area contributed by atoms with Crippen molar-refractivity contribution >= 4 is 22.9 Å². The average molecular weight is 278 g/mol. The minimum Gasteiger partial charge on any atom is -0.385 e. The zero-order valence-electron chi connectivity index (χ0n) is 10.8. The molecule has 0 aliphatic heterocycles. The number of aryl methyl sites for hydroxylation is 1. The topological polar surface area (TPSA) is 41.1 Å². The molecule has 1 amide bonds. The van der Waals surface area contributed by atoms with Crippen LogP contribution in [0.3, 0.4) is 0 Å². The molecular weight excluding hydrogens is 263 g/mol. The molecule has 1 aromatic carbocycles. The van der Waals surface area contributed by atoms with Gasteiger partial charge < -0.3 is 10.6 Å². The first-order valence-electron chi connectivity index (χ1n) is 5.89. The van der Waals surface area contributed by atoms with Gasteiger partial charge in [-0.2, -0.15) is 11.3 Å². The van der Waals surface area contributed by atoms with Gasteiger partial charge in [-0.1, -0.05) is 6.07 Å². The number of thiophene rings is 1. The highest BCUT2D eigenvalue weighted by molar-refractivity contribution is 7.08. The molecule has 0 aliphatic rings. The smallest absolute Gasteiger partial charge is 0.253 e. The van der Waals surface area contributed by atoms with E-state index in [-0.39, 0.29) is 11.6 Å². The van der Waals surface area contributed by atoms with Gasteiger partial charge in [0.15, 0.2) is 0 Å². The second-order valence-electron chi connectivity index (χ2n) is 4.18. The van der Waals surface area contributed by atoms with Gasteiger partial charge in [0.05, 0.1) is 11.3 Å². The molecule has 2 N–H and O–H groups in total. The minimum atomic E-state index is -0.429. The maximum absolute atomic E-state index is 13.5. The molecule has 19 heavy (non-hydrogen) atoms. The number of halogens is 1. The van der Waals surface area contributed by atoms with E-state index in [1.54, 1.807) is 24.5 Å². The Balaban J connectivity index is 2.12. The predicted octanol–water partition coefficient (Wildman–Crippen LogP) is 3.17. The summed E-state index contributed by atoms with van der Waals surface area (Å²) in [5.41, 5.74) is 2.77. The summed E-state index contributed by atoms with van der Waals surface area (Å²) in [6.45, 7) is 2.45. The predicted molar refractivity (Wildman–Crippen MR) is 76.2 cm³/mol. The number of amides is 1. The van der Waals surface area contributed by atoms with Crippen LogP contribution in [-0.2, 0) is 6.54 Å². The monoisotopic (exact) mass is 278 g/mol. The number of benzene rings is 1. The zero-order valence-corrected chi connectivity index (χ0v) is 11.6. The minimum absolute atomic E-state index is 0.224. The van der Waals surface area contributed by atoms with E-state index < -0.39 is 5.82 Å². The van der Waals surface area contributed by atoms with Crippen molar-refractivity contribution in [2.75, 3.05) is 12.4 Å². The van der Waals surface area contributed by atoms with Gasteiger partial charge in [0, 0.05) is 13.6 Å². The summed E-state index contributed by atoms with van der Waals surface area (Å²) in [5, 5.41) is 9.55. The molecule has 3 nitrogen and oxygen atoms in total. The maximum atomic E-state index is 13.5. The van der Waals surface area contributed by atoms with Gasteiger partial charge in [-0.25, -0.2) is 4.39 Å². The summed E-state index contributed by atoms with van der Waals surface area (Å²) in [5.74, 6) is -0.712. The van der Waals surface area contributed by atoms with Crippen LogP contribution in [-0.4, -0.2) is 13.0 Å². The highest BCUT2D eigenvalue weighted by Gasteiger charge is 2.14. The molecule has 0 radical (unpaired) electrons. The lowest BCUT2D eigenvalue weighted by Crippen LogP contribution is -2.24. The Bertz CT molecular complexity index is 595. The van der Waals surface area contributed by atoms with E-state index >= 15 is 0 Å². The van der Waals surface area contributed by atoms with Crippen molar-refractivity contribution in [3.63, 3.8) is 0 Å². The van der Waals surface area contributed by atoms with Crippen molar-refractivity contribution in [2.24, 2.45) is 0 Å². The summed E-state index contributed by atoms with van der Waals surface area (Å²) < 4.78 is 13.5. The van der Waals surface area contributed by atoms with Crippen LogP contribution in [0, 0.1) is 12.7 Å². The molecule has 100 valence electrons. The lowest BCUT2D eigenvalue weighted by atomic mass is 10.1. The van der Waals surface area contributed by atoms with E-state index in [2.05, 4.69) is 10.6 Å². The number of anilines is 1. The lowest BCUT2D eigenvalue weighted by Gasteiger charge is -2.10. The average Bonchev–Trinajstić information content (AvgIpc) is 2.81. The molecule has 1 aromatic heterocycles. The second-order valence-corrected chi connectivity index (χ2v) is 4.92. The fraction of sp³-hybridized carbons (Fsp3) is 0.214. The van der Waals surface area contributed by atoms with E-state index in [4.69, 9.17) is 0 Å². The molecule has 0 fully saturated rings. The van der Waals surface area contributed by atoms with Crippen LogP contribution in [0.15, 0.2) is 29.0 Å². The molecule has 1 heterocycles. The van der Waals surface area contributed by atoms with Gasteiger partial charge >= 0.3 is 0 Å². The molecule has 0 saturated carbocycles. The van der Waals surface area contributed by atoms with Gasteiger partial charge in [0.2, 0.25) is 0 Å². The number of para-hydroxylation sites is 1. The zero-order chi connectivity index (χ0) is 13.8. The van der Waals surface area contributed by atoms with Crippen molar-refractivity contribution in [1.29, 1.82) is 0 Å². The summed E-state index contributed by atoms with van der Waals surface area (Å²) in [4.78, 5) is 12.1. The van der Waals surface area contributed by atoms with Crippen LogP contribution in [0.25, 0.3) is 0 Å². The van der Waals surface area contributed by atoms with E-state index in [1.165, 1.54) is 12.1 Å². The first-order chi connectivity index (χ1) is 9.13. The normalized spacial score (nSPS) is 10.3. The largest absolute Gasteiger partial charge is 0.385 e.